The molecule has 0 amide bonds. The zero-order chi connectivity index (χ0) is 10.5. The molecule has 1 heterocycles. The summed E-state index contributed by atoms with van der Waals surface area (Å²) in [5.74, 6) is 0.244. The zero-order valence-corrected chi connectivity index (χ0v) is 8.73. The van der Waals surface area contributed by atoms with Crippen LogP contribution in [0.15, 0.2) is 30.3 Å². The van der Waals surface area contributed by atoms with Gasteiger partial charge in [0.05, 0.1) is 13.2 Å². The summed E-state index contributed by atoms with van der Waals surface area (Å²) in [6.07, 6.45) is 0. The Morgan fingerprint density at radius 2 is 2.07 bits per heavy atom. The molecule has 3 nitrogen and oxygen atoms in total. The van der Waals surface area contributed by atoms with E-state index in [0.29, 0.717) is 13.2 Å². The molecule has 0 spiro atoms. The highest BCUT2D eigenvalue weighted by molar-refractivity contribution is 5.14. The maximum atomic E-state index is 9.11. The topological polar surface area (TPSA) is 41.5 Å². The van der Waals surface area contributed by atoms with E-state index >= 15 is 0 Å². The second kappa shape index (κ2) is 5.26. The summed E-state index contributed by atoms with van der Waals surface area (Å²) in [6, 6.07) is 10.6. The highest BCUT2D eigenvalue weighted by atomic mass is 16.5. The molecule has 1 aromatic carbocycles. The second-order valence-corrected chi connectivity index (χ2v) is 3.95. The Balaban J connectivity index is 1.83. The van der Waals surface area contributed by atoms with Crippen molar-refractivity contribution in [3.8, 4) is 0 Å². The van der Waals surface area contributed by atoms with Crippen LogP contribution >= 0.6 is 0 Å². The van der Waals surface area contributed by atoms with E-state index in [1.807, 2.05) is 18.2 Å². The first-order valence-corrected chi connectivity index (χ1v) is 5.36. The first-order valence-electron chi connectivity index (χ1n) is 5.36. The molecule has 1 aromatic rings. The SMILES string of the molecule is OC[C@@H]1COC[C@@H]1NCc1ccccc1. The van der Waals surface area contributed by atoms with Crippen LogP contribution in [0.5, 0.6) is 0 Å². The predicted molar refractivity (Wildman–Crippen MR) is 58.5 cm³/mol. The molecule has 0 aliphatic carbocycles. The molecule has 0 unspecified atom stereocenters. The number of nitrogens with one attached hydrogen (secondary N) is 1. The fourth-order valence-electron chi connectivity index (χ4n) is 1.85. The summed E-state index contributed by atoms with van der Waals surface area (Å²) in [7, 11) is 0. The molecule has 0 bridgehead atoms. The van der Waals surface area contributed by atoms with Crippen LogP contribution in [0.25, 0.3) is 0 Å². The summed E-state index contributed by atoms with van der Waals surface area (Å²) in [5.41, 5.74) is 1.26. The highest BCUT2D eigenvalue weighted by Crippen LogP contribution is 2.13. The third-order valence-corrected chi connectivity index (χ3v) is 2.84. The summed E-state index contributed by atoms with van der Waals surface area (Å²) in [6.45, 7) is 2.42. The quantitative estimate of drug-likeness (QED) is 0.766. The lowest BCUT2D eigenvalue weighted by Crippen LogP contribution is -2.36. The van der Waals surface area contributed by atoms with Crippen molar-refractivity contribution in [1.82, 2.24) is 5.32 Å². The normalized spacial score (nSPS) is 25.7. The first-order chi connectivity index (χ1) is 7.40. The molecule has 1 aliphatic rings. The molecule has 2 atom stereocenters. The van der Waals surface area contributed by atoms with Gasteiger partial charge in [-0.15, -0.1) is 0 Å². The van der Waals surface area contributed by atoms with Crippen molar-refractivity contribution in [3.63, 3.8) is 0 Å². The molecule has 82 valence electrons. The standard InChI is InChI=1S/C12H17NO2/c14-7-11-8-15-9-12(11)13-6-10-4-2-1-3-5-10/h1-5,11-14H,6-9H2/t11-,12+/m1/s1. The van der Waals surface area contributed by atoms with E-state index in [4.69, 9.17) is 9.84 Å². The van der Waals surface area contributed by atoms with Gasteiger partial charge in [-0.05, 0) is 5.56 Å². The van der Waals surface area contributed by atoms with Gasteiger partial charge in [-0.2, -0.15) is 0 Å². The third-order valence-electron chi connectivity index (χ3n) is 2.84. The van der Waals surface area contributed by atoms with Crippen molar-refractivity contribution < 1.29 is 9.84 Å². The number of hydrogen-bond acceptors (Lipinski definition) is 3. The van der Waals surface area contributed by atoms with Crippen LogP contribution in [0.4, 0.5) is 0 Å². The molecule has 2 N–H and O–H groups in total. The molecule has 2 rings (SSSR count). The van der Waals surface area contributed by atoms with Crippen LogP contribution in [-0.4, -0.2) is 31.0 Å². The van der Waals surface area contributed by atoms with E-state index in [-0.39, 0.29) is 18.6 Å². The lowest BCUT2D eigenvalue weighted by molar-refractivity contribution is 0.160. The van der Waals surface area contributed by atoms with Gasteiger partial charge in [0, 0.05) is 25.1 Å². The Hall–Kier alpha value is -0.900. The minimum absolute atomic E-state index is 0.201. The minimum atomic E-state index is 0.201. The summed E-state index contributed by atoms with van der Waals surface area (Å²) in [5, 5.41) is 12.5. The number of benzene rings is 1. The smallest absolute Gasteiger partial charge is 0.0624 e. The highest BCUT2D eigenvalue weighted by Gasteiger charge is 2.26. The molecule has 1 saturated heterocycles. The summed E-state index contributed by atoms with van der Waals surface area (Å²) < 4.78 is 5.33. The van der Waals surface area contributed by atoms with Crippen LogP contribution in [0.1, 0.15) is 5.56 Å². The van der Waals surface area contributed by atoms with Gasteiger partial charge in [-0.25, -0.2) is 0 Å². The van der Waals surface area contributed by atoms with E-state index in [1.54, 1.807) is 0 Å². The minimum Gasteiger partial charge on any atom is -0.396 e. The first kappa shape index (κ1) is 10.6. The van der Waals surface area contributed by atoms with Crippen molar-refractivity contribution in [1.29, 1.82) is 0 Å². The number of rotatable bonds is 4. The molecule has 1 fully saturated rings. The molecular formula is C12H17NO2. The molecule has 0 aromatic heterocycles. The Labute approximate surface area is 90.1 Å². The van der Waals surface area contributed by atoms with Crippen molar-refractivity contribution in [2.75, 3.05) is 19.8 Å². The molecule has 3 heteroatoms. The molecule has 1 aliphatic heterocycles. The largest absolute Gasteiger partial charge is 0.396 e. The van der Waals surface area contributed by atoms with Crippen molar-refractivity contribution >= 4 is 0 Å². The van der Waals surface area contributed by atoms with Gasteiger partial charge >= 0.3 is 0 Å². The van der Waals surface area contributed by atoms with Crippen molar-refractivity contribution in [2.45, 2.75) is 12.6 Å². The third kappa shape index (κ3) is 2.78. The van der Waals surface area contributed by atoms with E-state index < -0.39 is 0 Å². The van der Waals surface area contributed by atoms with Crippen LogP contribution in [0, 0.1) is 5.92 Å². The van der Waals surface area contributed by atoms with Crippen LogP contribution in [0.3, 0.4) is 0 Å². The van der Waals surface area contributed by atoms with Gasteiger partial charge in [-0.1, -0.05) is 30.3 Å². The second-order valence-electron chi connectivity index (χ2n) is 3.95. The summed E-state index contributed by atoms with van der Waals surface area (Å²) >= 11 is 0. The monoisotopic (exact) mass is 207 g/mol. The Kier molecular flexibility index (Phi) is 3.72. The number of ether oxygens (including phenoxy) is 1. The number of aliphatic hydroxyl groups is 1. The Morgan fingerprint density at radius 3 is 2.80 bits per heavy atom. The maximum absolute atomic E-state index is 9.11. The fraction of sp³-hybridized carbons (Fsp3) is 0.500. The van der Waals surface area contributed by atoms with Crippen LogP contribution in [0.2, 0.25) is 0 Å². The predicted octanol–water partition coefficient (Wildman–Crippen LogP) is 0.783. The van der Waals surface area contributed by atoms with Gasteiger partial charge in [0.2, 0.25) is 0 Å². The zero-order valence-electron chi connectivity index (χ0n) is 8.73. The van der Waals surface area contributed by atoms with Crippen molar-refractivity contribution in [2.24, 2.45) is 5.92 Å². The van der Waals surface area contributed by atoms with Gasteiger partial charge < -0.3 is 15.2 Å². The fourth-order valence-corrected chi connectivity index (χ4v) is 1.85. The van der Waals surface area contributed by atoms with E-state index in [0.717, 1.165) is 6.54 Å². The van der Waals surface area contributed by atoms with Gasteiger partial charge in [-0.3, -0.25) is 0 Å². The molecule has 15 heavy (non-hydrogen) atoms. The van der Waals surface area contributed by atoms with E-state index in [1.165, 1.54) is 5.56 Å². The average Bonchev–Trinajstić information content (AvgIpc) is 2.75. The molecule has 0 saturated carbocycles. The van der Waals surface area contributed by atoms with Gasteiger partial charge in [0.15, 0.2) is 0 Å². The Morgan fingerprint density at radius 1 is 1.27 bits per heavy atom. The lowest BCUT2D eigenvalue weighted by Gasteiger charge is -2.16. The van der Waals surface area contributed by atoms with Crippen molar-refractivity contribution in [3.05, 3.63) is 35.9 Å². The van der Waals surface area contributed by atoms with Gasteiger partial charge in [0.25, 0.3) is 0 Å². The maximum Gasteiger partial charge on any atom is 0.0624 e. The number of aliphatic hydroxyl groups excluding tert-OH is 1. The van der Waals surface area contributed by atoms with Crippen LogP contribution in [-0.2, 0) is 11.3 Å². The average molecular weight is 207 g/mol. The van der Waals surface area contributed by atoms with E-state index in [2.05, 4.69) is 17.4 Å². The van der Waals surface area contributed by atoms with Crippen LogP contribution < -0.4 is 5.32 Å². The van der Waals surface area contributed by atoms with E-state index in [9.17, 15) is 0 Å². The lowest BCUT2D eigenvalue weighted by atomic mass is 10.0. The summed E-state index contributed by atoms with van der Waals surface area (Å²) in [4.78, 5) is 0. The number of hydrogen-bond donors (Lipinski definition) is 2. The molecular weight excluding hydrogens is 190 g/mol. The Bertz CT molecular complexity index is 289. The van der Waals surface area contributed by atoms with Gasteiger partial charge in [0.1, 0.15) is 0 Å². The molecule has 0 radical (unpaired) electrons.